The van der Waals surface area contributed by atoms with Gasteiger partial charge in [0.25, 0.3) is 0 Å². The zero-order valence-corrected chi connectivity index (χ0v) is 11.9. The van der Waals surface area contributed by atoms with Crippen molar-refractivity contribution in [3.8, 4) is 0 Å². The van der Waals surface area contributed by atoms with Crippen LogP contribution in [0.25, 0.3) is 0 Å². The highest BCUT2D eigenvalue weighted by Gasteiger charge is 2.21. The van der Waals surface area contributed by atoms with Crippen LogP contribution in [-0.4, -0.2) is 46.4 Å². The molecule has 0 spiro atoms. The fraction of sp³-hybridized carbons (Fsp3) is 0.786. The number of aromatic nitrogens is 2. The van der Waals surface area contributed by atoms with Crippen LogP contribution >= 0.6 is 0 Å². The Morgan fingerprint density at radius 2 is 2.33 bits per heavy atom. The fourth-order valence-electron chi connectivity index (χ4n) is 2.70. The highest BCUT2D eigenvalue weighted by atomic mass is 15.3. The molecule has 1 aromatic rings. The Kier molecular flexibility index (Phi) is 4.78. The van der Waals surface area contributed by atoms with Crippen LogP contribution in [0, 0.1) is 0 Å². The lowest BCUT2D eigenvalue weighted by Gasteiger charge is -2.28. The van der Waals surface area contributed by atoms with Crippen LogP contribution in [0.1, 0.15) is 32.4 Å². The second-order valence-corrected chi connectivity index (χ2v) is 5.39. The third-order valence-electron chi connectivity index (χ3n) is 4.14. The predicted molar refractivity (Wildman–Crippen MR) is 74.6 cm³/mol. The summed E-state index contributed by atoms with van der Waals surface area (Å²) in [7, 11) is 2.03. The van der Waals surface area contributed by atoms with E-state index in [-0.39, 0.29) is 0 Å². The number of hydrogen-bond acceptors (Lipinski definition) is 3. The Labute approximate surface area is 110 Å². The van der Waals surface area contributed by atoms with E-state index in [1.165, 1.54) is 25.1 Å². The molecular weight excluding hydrogens is 224 g/mol. The van der Waals surface area contributed by atoms with Crippen molar-refractivity contribution in [1.82, 2.24) is 20.0 Å². The summed E-state index contributed by atoms with van der Waals surface area (Å²) in [4.78, 5) is 2.63. The van der Waals surface area contributed by atoms with Gasteiger partial charge in [0.05, 0.1) is 0 Å². The molecule has 1 N–H and O–H groups in total. The minimum absolute atomic E-state index is 0.654. The molecule has 2 unspecified atom stereocenters. The quantitative estimate of drug-likeness (QED) is 0.877. The summed E-state index contributed by atoms with van der Waals surface area (Å²) in [6.45, 7) is 8.09. The Hall–Kier alpha value is -0.870. The first-order chi connectivity index (χ1) is 8.70. The van der Waals surface area contributed by atoms with Gasteiger partial charge in [0.2, 0.25) is 0 Å². The van der Waals surface area contributed by atoms with Crippen LogP contribution in [0.4, 0.5) is 0 Å². The Balaban J connectivity index is 1.91. The van der Waals surface area contributed by atoms with Gasteiger partial charge in [-0.3, -0.25) is 9.58 Å². The monoisotopic (exact) mass is 250 g/mol. The molecule has 4 nitrogen and oxygen atoms in total. The lowest BCUT2D eigenvalue weighted by Crippen LogP contribution is -2.40. The first-order valence-electron chi connectivity index (χ1n) is 7.15. The van der Waals surface area contributed by atoms with Gasteiger partial charge in [-0.2, -0.15) is 5.10 Å². The smallest absolute Gasteiger partial charge is 0.0492 e. The SMILES string of the molecule is CCC1CN(CCc2ccnn2C)C(C)CCN1. The molecule has 2 heterocycles. The molecule has 0 saturated carbocycles. The standard InChI is InChI=1S/C14H26N4/c1-4-13-11-18(12(2)5-8-15-13)10-7-14-6-9-16-17(14)3/h6,9,12-13,15H,4-5,7-8,10-11H2,1-3H3. The van der Waals surface area contributed by atoms with Crippen molar-refractivity contribution >= 4 is 0 Å². The molecule has 1 aromatic heterocycles. The Morgan fingerprint density at radius 3 is 3.00 bits per heavy atom. The fourth-order valence-corrected chi connectivity index (χ4v) is 2.70. The molecular formula is C14H26N4. The molecule has 2 atom stereocenters. The van der Waals surface area contributed by atoms with Gasteiger partial charge < -0.3 is 5.32 Å². The van der Waals surface area contributed by atoms with Gasteiger partial charge in [-0.25, -0.2) is 0 Å². The minimum Gasteiger partial charge on any atom is -0.313 e. The zero-order chi connectivity index (χ0) is 13.0. The maximum atomic E-state index is 4.23. The Morgan fingerprint density at radius 1 is 1.50 bits per heavy atom. The van der Waals surface area contributed by atoms with Crippen molar-refractivity contribution < 1.29 is 0 Å². The zero-order valence-electron chi connectivity index (χ0n) is 11.9. The molecule has 4 heteroatoms. The van der Waals surface area contributed by atoms with E-state index < -0.39 is 0 Å². The largest absolute Gasteiger partial charge is 0.313 e. The summed E-state index contributed by atoms with van der Waals surface area (Å²) in [6, 6.07) is 3.46. The molecule has 1 aliphatic rings. The lowest BCUT2D eigenvalue weighted by atomic mass is 10.1. The van der Waals surface area contributed by atoms with Crippen LogP contribution in [0.3, 0.4) is 0 Å². The van der Waals surface area contributed by atoms with Crippen molar-refractivity contribution in [1.29, 1.82) is 0 Å². The van der Waals surface area contributed by atoms with Crippen molar-refractivity contribution in [2.24, 2.45) is 7.05 Å². The molecule has 0 radical (unpaired) electrons. The lowest BCUT2D eigenvalue weighted by molar-refractivity contribution is 0.204. The highest BCUT2D eigenvalue weighted by molar-refractivity contribution is 5.00. The normalized spacial score (nSPS) is 26.2. The highest BCUT2D eigenvalue weighted by Crippen LogP contribution is 2.11. The van der Waals surface area contributed by atoms with Gasteiger partial charge in [0.15, 0.2) is 0 Å². The topological polar surface area (TPSA) is 33.1 Å². The number of rotatable bonds is 4. The molecule has 102 valence electrons. The molecule has 2 rings (SSSR count). The summed E-state index contributed by atoms with van der Waals surface area (Å²) >= 11 is 0. The van der Waals surface area contributed by atoms with Gasteiger partial charge in [-0.1, -0.05) is 6.92 Å². The third kappa shape index (κ3) is 3.33. The maximum Gasteiger partial charge on any atom is 0.0492 e. The van der Waals surface area contributed by atoms with Crippen LogP contribution in [0.15, 0.2) is 12.3 Å². The molecule has 0 amide bonds. The number of hydrogen-bond donors (Lipinski definition) is 1. The Bertz CT molecular complexity index is 360. The van der Waals surface area contributed by atoms with E-state index in [9.17, 15) is 0 Å². The van der Waals surface area contributed by atoms with Gasteiger partial charge in [0, 0.05) is 50.5 Å². The summed E-state index contributed by atoms with van der Waals surface area (Å²) in [5.74, 6) is 0. The van der Waals surface area contributed by atoms with Crippen LogP contribution in [-0.2, 0) is 13.5 Å². The molecule has 0 aliphatic carbocycles. The number of nitrogens with one attached hydrogen (secondary N) is 1. The van der Waals surface area contributed by atoms with Gasteiger partial charge in [0.1, 0.15) is 0 Å². The maximum absolute atomic E-state index is 4.23. The molecule has 0 aromatic carbocycles. The van der Waals surface area contributed by atoms with Crippen molar-refractivity contribution in [2.75, 3.05) is 19.6 Å². The van der Waals surface area contributed by atoms with Crippen LogP contribution < -0.4 is 5.32 Å². The van der Waals surface area contributed by atoms with Crippen LogP contribution in [0.5, 0.6) is 0 Å². The summed E-state index contributed by atoms with van der Waals surface area (Å²) in [5, 5.41) is 7.87. The summed E-state index contributed by atoms with van der Waals surface area (Å²) < 4.78 is 1.98. The van der Waals surface area contributed by atoms with E-state index in [2.05, 4.69) is 35.2 Å². The van der Waals surface area contributed by atoms with Gasteiger partial charge in [-0.05, 0) is 32.4 Å². The summed E-state index contributed by atoms with van der Waals surface area (Å²) in [6.07, 6.45) is 5.45. The number of nitrogens with zero attached hydrogens (tertiary/aromatic N) is 3. The molecule has 1 saturated heterocycles. The average molecular weight is 250 g/mol. The van der Waals surface area contributed by atoms with E-state index in [4.69, 9.17) is 0 Å². The van der Waals surface area contributed by atoms with E-state index in [1.54, 1.807) is 0 Å². The van der Waals surface area contributed by atoms with E-state index in [0.717, 1.165) is 19.5 Å². The van der Waals surface area contributed by atoms with E-state index >= 15 is 0 Å². The van der Waals surface area contributed by atoms with Gasteiger partial charge in [-0.15, -0.1) is 0 Å². The van der Waals surface area contributed by atoms with Crippen molar-refractivity contribution in [3.63, 3.8) is 0 Å². The predicted octanol–water partition coefficient (Wildman–Crippen LogP) is 1.42. The summed E-state index contributed by atoms with van der Waals surface area (Å²) in [5.41, 5.74) is 1.33. The molecule has 18 heavy (non-hydrogen) atoms. The van der Waals surface area contributed by atoms with E-state index in [1.807, 2.05) is 17.9 Å². The number of aryl methyl sites for hydroxylation is 1. The van der Waals surface area contributed by atoms with Crippen molar-refractivity contribution in [2.45, 2.75) is 45.2 Å². The van der Waals surface area contributed by atoms with Crippen LogP contribution in [0.2, 0.25) is 0 Å². The third-order valence-corrected chi connectivity index (χ3v) is 4.14. The molecule has 1 aliphatic heterocycles. The van der Waals surface area contributed by atoms with Crippen molar-refractivity contribution in [3.05, 3.63) is 18.0 Å². The first kappa shape index (κ1) is 13.6. The second kappa shape index (κ2) is 6.34. The first-order valence-corrected chi connectivity index (χ1v) is 7.15. The second-order valence-electron chi connectivity index (χ2n) is 5.39. The van der Waals surface area contributed by atoms with E-state index in [0.29, 0.717) is 12.1 Å². The average Bonchev–Trinajstić information content (AvgIpc) is 2.68. The molecule has 1 fully saturated rings. The minimum atomic E-state index is 0.654. The molecule has 0 bridgehead atoms. The van der Waals surface area contributed by atoms with Gasteiger partial charge >= 0.3 is 0 Å².